The van der Waals surface area contributed by atoms with Crippen LogP contribution in [0, 0.1) is 0 Å². The highest BCUT2D eigenvalue weighted by Gasteiger charge is 2.24. The highest BCUT2D eigenvalue weighted by atomic mass is 35.5. The van der Waals surface area contributed by atoms with E-state index < -0.39 is 5.63 Å². The molecule has 0 aliphatic carbocycles. The number of aromatic amines is 1. The van der Waals surface area contributed by atoms with Crippen LogP contribution in [0.3, 0.4) is 0 Å². The summed E-state index contributed by atoms with van der Waals surface area (Å²) in [5.41, 5.74) is 2.14. The van der Waals surface area contributed by atoms with Gasteiger partial charge in [-0.25, -0.2) is 9.78 Å². The molecule has 2 aromatic heterocycles. The van der Waals surface area contributed by atoms with E-state index in [-0.39, 0.29) is 12.1 Å². The van der Waals surface area contributed by atoms with Crippen molar-refractivity contribution in [3.63, 3.8) is 0 Å². The molecule has 0 amide bonds. The van der Waals surface area contributed by atoms with Gasteiger partial charge in [0.2, 0.25) is 0 Å². The van der Waals surface area contributed by atoms with Crippen LogP contribution in [-0.4, -0.2) is 21.4 Å². The Hall–Kier alpha value is -2.64. The minimum Gasteiger partial charge on any atom is -0.422 e. The molecule has 1 aliphatic rings. The van der Waals surface area contributed by atoms with Gasteiger partial charge < -0.3 is 9.40 Å². The topological polar surface area (TPSA) is 79.2 Å². The van der Waals surface area contributed by atoms with Crippen LogP contribution < -0.4 is 11.2 Å². The van der Waals surface area contributed by atoms with Gasteiger partial charge in [0.15, 0.2) is 0 Å². The minimum absolute atomic E-state index is 0.201. The Morgan fingerprint density at radius 2 is 1.78 bits per heavy atom. The molecule has 0 atom stereocenters. The van der Waals surface area contributed by atoms with Crippen molar-refractivity contribution in [1.82, 2.24) is 14.9 Å². The van der Waals surface area contributed by atoms with Gasteiger partial charge in [-0.15, -0.1) is 0 Å². The number of hydrogen-bond donors (Lipinski definition) is 1. The Labute approximate surface area is 197 Å². The van der Waals surface area contributed by atoms with Gasteiger partial charge in [-0.2, -0.15) is 0 Å². The second kappa shape index (κ2) is 8.37. The lowest BCUT2D eigenvalue weighted by Gasteiger charge is -2.27. The molecule has 1 aliphatic heterocycles. The van der Waals surface area contributed by atoms with Crippen molar-refractivity contribution in [1.29, 1.82) is 0 Å². The highest BCUT2D eigenvalue weighted by molar-refractivity contribution is 6.37. The average molecular weight is 489 g/mol. The van der Waals surface area contributed by atoms with Gasteiger partial charge in [0.25, 0.3) is 5.56 Å². The molecule has 0 saturated heterocycles. The van der Waals surface area contributed by atoms with E-state index in [1.807, 2.05) is 17.0 Å². The third-order valence-electron chi connectivity index (χ3n) is 5.54. The summed E-state index contributed by atoms with van der Waals surface area (Å²) in [7, 11) is 0. The number of hydrogen-bond acceptors (Lipinski definition) is 5. The molecule has 4 aromatic rings. The maximum atomic E-state index is 12.8. The summed E-state index contributed by atoms with van der Waals surface area (Å²) >= 11 is 18.6. The third-order valence-corrected chi connectivity index (χ3v) is 6.46. The predicted molar refractivity (Wildman–Crippen MR) is 126 cm³/mol. The Kier molecular flexibility index (Phi) is 5.55. The summed E-state index contributed by atoms with van der Waals surface area (Å²) in [6.07, 6.45) is 0.572. The van der Waals surface area contributed by atoms with Crippen molar-refractivity contribution in [3.05, 3.63) is 95.1 Å². The van der Waals surface area contributed by atoms with Crippen LogP contribution in [0.15, 0.2) is 56.5 Å². The second-order valence-corrected chi connectivity index (χ2v) is 8.88. The maximum absolute atomic E-state index is 12.8. The number of H-pyrrole nitrogens is 1. The summed E-state index contributed by atoms with van der Waals surface area (Å²) in [5.74, 6) is 0.508. The van der Waals surface area contributed by atoms with Gasteiger partial charge in [-0.3, -0.25) is 9.69 Å². The Bertz CT molecular complexity index is 1460. The molecular formula is C23H16Cl3N3O3. The summed E-state index contributed by atoms with van der Waals surface area (Å²) in [6.45, 7) is 1.22. The van der Waals surface area contributed by atoms with Crippen molar-refractivity contribution >= 4 is 45.8 Å². The Balaban J connectivity index is 1.45. The minimum atomic E-state index is -0.499. The molecule has 0 radical (unpaired) electrons. The van der Waals surface area contributed by atoms with Crippen LogP contribution in [0.2, 0.25) is 15.1 Å². The number of aromatic nitrogens is 2. The molecule has 0 bridgehead atoms. The van der Waals surface area contributed by atoms with Gasteiger partial charge in [0.1, 0.15) is 11.4 Å². The molecule has 5 rings (SSSR count). The van der Waals surface area contributed by atoms with E-state index in [9.17, 15) is 9.59 Å². The fraction of sp³-hybridized carbons (Fsp3) is 0.174. The quantitative estimate of drug-likeness (QED) is 0.408. The van der Waals surface area contributed by atoms with E-state index in [0.29, 0.717) is 62.5 Å². The molecule has 32 heavy (non-hydrogen) atoms. The molecule has 3 heterocycles. The van der Waals surface area contributed by atoms with Crippen LogP contribution in [-0.2, 0) is 19.5 Å². The number of nitrogens with one attached hydrogen (secondary N) is 1. The number of halogens is 3. The number of rotatable bonds is 3. The first-order valence-electron chi connectivity index (χ1n) is 9.90. The van der Waals surface area contributed by atoms with E-state index in [2.05, 4.69) is 9.97 Å². The van der Waals surface area contributed by atoms with Crippen LogP contribution in [0.25, 0.3) is 22.4 Å². The van der Waals surface area contributed by atoms with Gasteiger partial charge >= 0.3 is 5.63 Å². The lowest BCUT2D eigenvalue weighted by atomic mass is 10.1. The summed E-state index contributed by atoms with van der Waals surface area (Å²) in [4.78, 5) is 34.8. The largest absolute Gasteiger partial charge is 0.422 e. The van der Waals surface area contributed by atoms with Crippen molar-refractivity contribution < 1.29 is 4.42 Å². The van der Waals surface area contributed by atoms with E-state index in [1.165, 1.54) is 0 Å². The van der Waals surface area contributed by atoms with E-state index in [4.69, 9.17) is 39.2 Å². The van der Waals surface area contributed by atoms with E-state index in [1.54, 1.807) is 30.3 Å². The lowest BCUT2D eigenvalue weighted by Crippen LogP contribution is -2.36. The molecule has 0 spiro atoms. The second-order valence-electron chi connectivity index (χ2n) is 7.63. The Morgan fingerprint density at radius 3 is 2.56 bits per heavy atom. The van der Waals surface area contributed by atoms with Gasteiger partial charge in [-0.1, -0.05) is 34.8 Å². The number of benzene rings is 2. The molecule has 1 N–H and O–H groups in total. The standard InChI is InChI=1S/C23H16Cl3N3O3/c24-13-3-1-12(2-4-13)21-27-18-7-8-29(10-16(18)22(30)28-21)11-17-20(26)15-9-14(25)5-6-19(15)32-23(17)31/h1-6,9H,7-8,10-11H2,(H,27,28,30). The highest BCUT2D eigenvalue weighted by Crippen LogP contribution is 2.29. The summed E-state index contributed by atoms with van der Waals surface area (Å²) in [6, 6.07) is 12.1. The molecule has 0 saturated carbocycles. The SMILES string of the molecule is O=c1[nH]c(-c2ccc(Cl)cc2)nc2c1CN(Cc1c(Cl)c3cc(Cl)ccc3oc1=O)CC2. The third kappa shape index (κ3) is 3.95. The first kappa shape index (κ1) is 21.2. The summed E-state index contributed by atoms with van der Waals surface area (Å²) < 4.78 is 5.42. The lowest BCUT2D eigenvalue weighted by molar-refractivity contribution is 0.239. The van der Waals surface area contributed by atoms with Crippen LogP contribution in [0.5, 0.6) is 0 Å². The predicted octanol–water partition coefficient (Wildman–Crippen LogP) is 5.06. The smallest absolute Gasteiger partial charge is 0.342 e. The summed E-state index contributed by atoms with van der Waals surface area (Å²) in [5, 5.41) is 2.01. The Morgan fingerprint density at radius 1 is 1.03 bits per heavy atom. The first-order chi connectivity index (χ1) is 15.4. The molecule has 6 nitrogen and oxygen atoms in total. The fourth-order valence-corrected chi connectivity index (χ4v) is 4.48. The van der Waals surface area contributed by atoms with Crippen LogP contribution >= 0.6 is 34.8 Å². The van der Waals surface area contributed by atoms with Crippen LogP contribution in [0.1, 0.15) is 16.8 Å². The fourth-order valence-electron chi connectivity index (χ4n) is 3.89. The molecule has 162 valence electrons. The first-order valence-corrected chi connectivity index (χ1v) is 11.0. The maximum Gasteiger partial charge on any atom is 0.342 e. The molecule has 0 fully saturated rings. The van der Waals surface area contributed by atoms with Gasteiger partial charge in [-0.05, 0) is 42.5 Å². The molecule has 0 unspecified atom stereocenters. The van der Waals surface area contributed by atoms with Gasteiger partial charge in [0, 0.05) is 47.1 Å². The molecular weight excluding hydrogens is 473 g/mol. The van der Waals surface area contributed by atoms with Crippen molar-refractivity contribution in [3.8, 4) is 11.4 Å². The zero-order chi connectivity index (χ0) is 22.4. The normalized spacial score (nSPS) is 14.0. The van der Waals surface area contributed by atoms with Gasteiger partial charge in [0.05, 0.1) is 21.8 Å². The van der Waals surface area contributed by atoms with Crippen molar-refractivity contribution in [2.45, 2.75) is 19.5 Å². The molecule has 2 aromatic carbocycles. The monoisotopic (exact) mass is 487 g/mol. The van der Waals surface area contributed by atoms with E-state index in [0.717, 1.165) is 11.3 Å². The van der Waals surface area contributed by atoms with Crippen LogP contribution in [0.4, 0.5) is 0 Å². The van der Waals surface area contributed by atoms with Crippen molar-refractivity contribution in [2.24, 2.45) is 0 Å². The average Bonchev–Trinajstić information content (AvgIpc) is 2.78. The zero-order valence-corrected chi connectivity index (χ0v) is 18.9. The molecule has 9 heteroatoms. The van der Waals surface area contributed by atoms with E-state index >= 15 is 0 Å². The van der Waals surface area contributed by atoms with Crippen molar-refractivity contribution in [2.75, 3.05) is 6.54 Å². The number of nitrogens with zero attached hydrogens (tertiary/aromatic N) is 2. The number of fused-ring (bicyclic) bond motifs is 2. The zero-order valence-electron chi connectivity index (χ0n) is 16.6.